The van der Waals surface area contributed by atoms with Crippen molar-refractivity contribution in [1.82, 2.24) is 19.9 Å². The van der Waals surface area contributed by atoms with E-state index in [4.69, 9.17) is 21.1 Å². The molecule has 2 aliphatic rings. The summed E-state index contributed by atoms with van der Waals surface area (Å²) in [7, 11) is 0. The predicted molar refractivity (Wildman–Crippen MR) is 86.5 cm³/mol. The van der Waals surface area contributed by atoms with Crippen LogP contribution in [0.25, 0.3) is 0 Å². The fourth-order valence-electron chi connectivity index (χ4n) is 3.43. The van der Waals surface area contributed by atoms with Crippen molar-refractivity contribution < 1.29 is 14.6 Å². The van der Waals surface area contributed by atoms with E-state index < -0.39 is 12.4 Å². The van der Waals surface area contributed by atoms with E-state index in [1.807, 2.05) is 23.8 Å². The van der Waals surface area contributed by atoms with E-state index >= 15 is 0 Å². The maximum absolute atomic E-state index is 10.9. The highest BCUT2D eigenvalue weighted by atomic mass is 35.5. The minimum atomic E-state index is -0.662. The second kappa shape index (κ2) is 6.42. The highest BCUT2D eigenvalue weighted by molar-refractivity contribution is 6.31. The molecule has 2 saturated heterocycles. The summed E-state index contributed by atoms with van der Waals surface area (Å²) in [6.45, 7) is 2.86. The molecule has 8 heteroatoms. The molecular formula is C16H19ClN4O3. The summed E-state index contributed by atoms with van der Waals surface area (Å²) < 4.78 is 13.6. The molecule has 0 amide bonds. The number of hydrogen-bond donors (Lipinski definition) is 2. The van der Waals surface area contributed by atoms with Crippen molar-refractivity contribution >= 4 is 11.6 Å². The summed E-state index contributed by atoms with van der Waals surface area (Å²) in [6, 6.07) is 1.26. The lowest BCUT2D eigenvalue weighted by Crippen LogP contribution is -2.57. The van der Waals surface area contributed by atoms with Crippen molar-refractivity contribution in [3.63, 3.8) is 0 Å². The average Bonchev–Trinajstić information content (AvgIpc) is 3.18. The van der Waals surface area contributed by atoms with Crippen LogP contribution in [0.4, 0.5) is 0 Å². The quantitative estimate of drug-likeness (QED) is 0.858. The summed E-state index contributed by atoms with van der Waals surface area (Å²) >= 11 is 6.15. The molecule has 5 unspecified atom stereocenters. The first-order chi connectivity index (χ1) is 11.6. The molecule has 0 spiro atoms. The van der Waals surface area contributed by atoms with Gasteiger partial charge >= 0.3 is 0 Å². The Balaban J connectivity index is 1.54. The molecule has 24 heavy (non-hydrogen) atoms. The fraction of sp³-hybridized carbons (Fsp3) is 0.500. The number of aliphatic hydroxyl groups is 1. The lowest BCUT2D eigenvalue weighted by atomic mass is 9.95. The molecule has 2 aromatic heterocycles. The Morgan fingerprint density at radius 3 is 3.08 bits per heavy atom. The lowest BCUT2D eigenvalue weighted by Gasteiger charge is -2.39. The topological polar surface area (TPSA) is 81.4 Å². The second-order valence-corrected chi connectivity index (χ2v) is 6.52. The van der Waals surface area contributed by atoms with Crippen molar-refractivity contribution in [3.8, 4) is 0 Å². The minimum Gasteiger partial charge on any atom is -0.389 e. The van der Waals surface area contributed by atoms with E-state index in [9.17, 15) is 5.11 Å². The predicted octanol–water partition coefficient (Wildman–Crippen LogP) is 1.06. The van der Waals surface area contributed by atoms with E-state index in [0.29, 0.717) is 18.2 Å². The number of imidazole rings is 1. The molecule has 2 aliphatic heterocycles. The second-order valence-electron chi connectivity index (χ2n) is 6.11. The van der Waals surface area contributed by atoms with Gasteiger partial charge in [0.2, 0.25) is 0 Å². The zero-order chi connectivity index (χ0) is 16.7. The van der Waals surface area contributed by atoms with Crippen LogP contribution in [0.1, 0.15) is 17.4 Å². The van der Waals surface area contributed by atoms with E-state index in [2.05, 4.69) is 15.3 Å². The smallest absolute Gasteiger partial charge is 0.181 e. The van der Waals surface area contributed by atoms with Gasteiger partial charge in [-0.1, -0.05) is 11.6 Å². The molecule has 0 aromatic carbocycles. The number of ether oxygens (including phenoxy) is 2. The van der Waals surface area contributed by atoms with Gasteiger partial charge in [0.25, 0.3) is 0 Å². The van der Waals surface area contributed by atoms with E-state index in [1.165, 1.54) is 0 Å². The molecular weight excluding hydrogens is 332 g/mol. The number of aryl methyl sites for hydroxylation is 1. The lowest BCUT2D eigenvalue weighted by molar-refractivity contribution is -0.165. The Morgan fingerprint density at radius 1 is 1.46 bits per heavy atom. The number of pyridine rings is 1. The Kier molecular flexibility index (Phi) is 4.28. The Labute approximate surface area is 144 Å². The molecule has 0 aliphatic carbocycles. The van der Waals surface area contributed by atoms with Crippen molar-refractivity contribution in [2.24, 2.45) is 0 Å². The number of nitrogens with one attached hydrogen (secondary N) is 1. The largest absolute Gasteiger partial charge is 0.389 e. The van der Waals surface area contributed by atoms with Crippen LogP contribution in [-0.2, 0) is 16.0 Å². The van der Waals surface area contributed by atoms with Crippen molar-refractivity contribution in [1.29, 1.82) is 0 Å². The molecule has 128 valence electrons. The van der Waals surface area contributed by atoms with Crippen LogP contribution in [0.2, 0.25) is 5.02 Å². The molecule has 2 bridgehead atoms. The highest BCUT2D eigenvalue weighted by Gasteiger charge is 2.50. The van der Waals surface area contributed by atoms with E-state index in [-0.39, 0.29) is 18.2 Å². The maximum Gasteiger partial charge on any atom is 0.181 e. The fourth-order valence-corrected chi connectivity index (χ4v) is 3.61. The number of hydrogen-bond acceptors (Lipinski definition) is 6. The van der Waals surface area contributed by atoms with Crippen molar-refractivity contribution in [2.75, 3.05) is 6.61 Å². The monoisotopic (exact) mass is 350 g/mol. The van der Waals surface area contributed by atoms with Gasteiger partial charge in [-0.15, -0.1) is 0 Å². The zero-order valence-electron chi connectivity index (χ0n) is 13.2. The Morgan fingerprint density at radius 2 is 2.33 bits per heavy atom. The van der Waals surface area contributed by atoms with Gasteiger partial charge in [0.1, 0.15) is 18.0 Å². The van der Waals surface area contributed by atoms with Crippen molar-refractivity contribution in [3.05, 3.63) is 47.3 Å². The summed E-state index contributed by atoms with van der Waals surface area (Å²) in [5.74, 6) is 0.813. The van der Waals surface area contributed by atoms with Gasteiger partial charge in [0.05, 0.1) is 23.8 Å². The van der Waals surface area contributed by atoms with Crippen molar-refractivity contribution in [2.45, 2.75) is 44.1 Å². The maximum atomic E-state index is 10.9. The minimum absolute atomic E-state index is 0.189. The third-order valence-corrected chi connectivity index (χ3v) is 5.04. The molecule has 5 atom stereocenters. The van der Waals surface area contributed by atoms with Crippen LogP contribution >= 0.6 is 11.6 Å². The van der Waals surface area contributed by atoms with E-state index in [1.54, 1.807) is 18.6 Å². The molecule has 0 radical (unpaired) electrons. The van der Waals surface area contributed by atoms with Gasteiger partial charge in [-0.2, -0.15) is 0 Å². The van der Waals surface area contributed by atoms with Crippen LogP contribution < -0.4 is 5.32 Å². The van der Waals surface area contributed by atoms with Gasteiger partial charge in [0, 0.05) is 31.3 Å². The third kappa shape index (κ3) is 2.72. The van der Waals surface area contributed by atoms with Crippen LogP contribution in [0.3, 0.4) is 0 Å². The number of nitrogens with zero attached hydrogens (tertiary/aromatic N) is 3. The summed E-state index contributed by atoms with van der Waals surface area (Å²) in [5.41, 5.74) is 0.926. The zero-order valence-corrected chi connectivity index (χ0v) is 13.9. The summed E-state index contributed by atoms with van der Waals surface area (Å²) in [4.78, 5) is 8.22. The normalized spacial score (nSPS) is 32.2. The molecule has 7 nitrogen and oxygen atoms in total. The Hall–Kier alpha value is -1.51. The highest BCUT2D eigenvalue weighted by Crippen LogP contribution is 2.36. The van der Waals surface area contributed by atoms with Crippen LogP contribution in [0.5, 0.6) is 0 Å². The molecule has 2 aromatic rings. The molecule has 2 N–H and O–H groups in total. The molecule has 2 fully saturated rings. The molecule has 4 rings (SSSR count). The molecule has 4 heterocycles. The van der Waals surface area contributed by atoms with Gasteiger partial charge in [-0.05, 0) is 18.6 Å². The SMILES string of the molecule is Cc1nccn1C1C2OCC(O2)C(NCc2ccncc2Cl)C1O. The first-order valence-electron chi connectivity index (χ1n) is 7.91. The number of fused-ring (bicyclic) bond motifs is 2. The Bertz CT molecular complexity index is 725. The first-order valence-corrected chi connectivity index (χ1v) is 8.29. The van der Waals surface area contributed by atoms with Crippen LogP contribution in [0.15, 0.2) is 30.9 Å². The first kappa shape index (κ1) is 16.0. The third-order valence-electron chi connectivity index (χ3n) is 4.70. The van der Waals surface area contributed by atoms with Crippen LogP contribution in [-0.4, -0.2) is 50.8 Å². The van der Waals surface area contributed by atoms with Gasteiger partial charge < -0.3 is 24.5 Å². The number of rotatable bonds is 4. The van der Waals surface area contributed by atoms with Gasteiger partial charge in [-0.3, -0.25) is 4.98 Å². The van der Waals surface area contributed by atoms with Crippen LogP contribution in [0, 0.1) is 6.92 Å². The average molecular weight is 351 g/mol. The summed E-state index contributed by atoms with van der Waals surface area (Å²) in [6.07, 6.45) is 5.55. The summed E-state index contributed by atoms with van der Waals surface area (Å²) in [5, 5.41) is 14.9. The van der Waals surface area contributed by atoms with Gasteiger partial charge in [-0.25, -0.2) is 4.98 Å². The number of aliphatic hydroxyl groups excluding tert-OH is 1. The molecule has 0 saturated carbocycles. The number of halogens is 1. The van der Waals surface area contributed by atoms with Gasteiger partial charge in [0.15, 0.2) is 6.29 Å². The van der Waals surface area contributed by atoms with E-state index in [0.717, 1.165) is 11.4 Å². The standard InChI is InChI=1S/C16H19ClN4O3/c1-9-19-4-5-21(9)14-15(22)13(12-8-23-16(14)24-12)20-6-10-2-3-18-7-11(10)17/h2-5,7,12-16,20,22H,6,8H2,1H3. The number of aromatic nitrogens is 3.